The Labute approximate surface area is 115 Å². The Kier molecular flexibility index (Phi) is 3.88. The topological polar surface area (TPSA) is 84.9 Å². The first-order chi connectivity index (χ1) is 9.58. The first-order valence-corrected chi connectivity index (χ1v) is 5.92. The Morgan fingerprint density at radius 2 is 1.95 bits per heavy atom. The number of hydrogen-bond acceptors (Lipinski definition) is 5. The molecule has 0 fully saturated rings. The first kappa shape index (κ1) is 13.9. The number of carbonyl (C=O) groups excluding carboxylic acids is 3. The van der Waals surface area contributed by atoms with E-state index in [1.165, 1.54) is 7.11 Å². The number of nitrogens with zero attached hydrogens (tertiary/aromatic N) is 1. The predicted molar refractivity (Wildman–Crippen MR) is 68.0 cm³/mol. The number of ketones is 1. The second-order valence-electron chi connectivity index (χ2n) is 4.18. The summed E-state index contributed by atoms with van der Waals surface area (Å²) in [5.74, 6) is -0.248. The van der Waals surface area contributed by atoms with E-state index in [0.717, 1.165) is 17.7 Å². The van der Waals surface area contributed by atoms with Crippen LogP contribution in [0.15, 0.2) is 24.3 Å². The van der Waals surface area contributed by atoms with E-state index in [9.17, 15) is 14.4 Å². The summed E-state index contributed by atoms with van der Waals surface area (Å²) in [7, 11) is 2.33. The van der Waals surface area contributed by atoms with Gasteiger partial charge in [0, 0.05) is 12.0 Å². The summed E-state index contributed by atoms with van der Waals surface area (Å²) in [5.41, 5.74) is 3.56. The van der Waals surface area contributed by atoms with Crippen molar-refractivity contribution >= 4 is 18.0 Å². The molecule has 0 saturated carbocycles. The van der Waals surface area contributed by atoms with E-state index >= 15 is 0 Å². The van der Waals surface area contributed by atoms with Crippen LogP contribution in [0.25, 0.3) is 0 Å². The fourth-order valence-corrected chi connectivity index (χ4v) is 2.12. The lowest BCUT2D eigenvalue weighted by molar-refractivity contribution is 0.0593. The Morgan fingerprint density at radius 1 is 1.25 bits per heavy atom. The zero-order chi connectivity index (χ0) is 14.7. The molecule has 1 unspecified atom stereocenters. The van der Waals surface area contributed by atoms with Crippen LogP contribution in [-0.4, -0.2) is 43.2 Å². The molecule has 106 valence electrons. The molecule has 0 bridgehead atoms. The summed E-state index contributed by atoms with van der Waals surface area (Å²) in [6.45, 7) is 0. The highest BCUT2D eigenvalue weighted by Gasteiger charge is 2.38. The summed E-state index contributed by atoms with van der Waals surface area (Å²) in [4.78, 5) is 35.3. The molecule has 0 heterocycles. The van der Waals surface area contributed by atoms with Crippen molar-refractivity contribution in [2.45, 2.75) is 12.5 Å². The number of rotatable bonds is 1. The van der Waals surface area contributed by atoms with Crippen molar-refractivity contribution in [2.24, 2.45) is 0 Å². The molecule has 1 atom stereocenters. The molecular formula is C13H14N2O5. The van der Waals surface area contributed by atoms with Crippen LogP contribution in [0.3, 0.4) is 0 Å². The van der Waals surface area contributed by atoms with Gasteiger partial charge in [0.1, 0.15) is 6.04 Å². The van der Waals surface area contributed by atoms with Crippen LogP contribution in [-0.2, 0) is 15.9 Å². The van der Waals surface area contributed by atoms with Gasteiger partial charge in [-0.1, -0.05) is 24.3 Å². The number of nitrogens with one attached hydrogen (secondary N) is 1. The van der Waals surface area contributed by atoms with Crippen molar-refractivity contribution < 1.29 is 23.9 Å². The molecule has 2 rings (SSSR count). The lowest BCUT2D eigenvalue weighted by Gasteiger charge is -2.25. The predicted octanol–water partition coefficient (Wildman–Crippen LogP) is 1.13. The molecule has 1 aromatic carbocycles. The molecule has 20 heavy (non-hydrogen) atoms. The molecule has 7 nitrogen and oxygen atoms in total. The van der Waals surface area contributed by atoms with Crippen LogP contribution >= 0.6 is 0 Å². The van der Waals surface area contributed by atoms with Gasteiger partial charge in [-0.15, -0.1) is 0 Å². The van der Waals surface area contributed by atoms with Crippen LogP contribution in [0.2, 0.25) is 0 Å². The van der Waals surface area contributed by atoms with Crippen molar-refractivity contribution in [3.05, 3.63) is 35.4 Å². The number of fused-ring (bicyclic) bond motifs is 1. The fraction of sp³-hybridized carbons (Fsp3) is 0.308. The van der Waals surface area contributed by atoms with Crippen LogP contribution in [0.4, 0.5) is 9.59 Å². The van der Waals surface area contributed by atoms with Gasteiger partial charge in [-0.05, 0) is 5.56 Å². The average molecular weight is 278 g/mol. The number of amides is 2. The minimum absolute atomic E-state index is 0.248. The van der Waals surface area contributed by atoms with E-state index in [1.54, 1.807) is 18.2 Å². The summed E-state index contributed by atoms with van der Waals surface area (Å²) in [6, 6.07) is 6.21. The standard InChI is InChI=1S/C13H14N2O5/c1-19-12(17)14-15(13(18)20-2)10-7-8-5-3-4-6-9(8)11(10)16/h3-6,10H,7H2,1-2H3,(H,14,17). The Hall–Kier alpha value is -2.57. The highest BCUT2D eigenvalue weighted by atomic mass is 16.6. The number of ether oxygens (including phenoxy) is 2. The van der Waals surface area contributed by atoms with Gasteiger partial charge in [-0.3, -0.25) is 4.79 Å². The van der Waals surface area contributed by atoms with E-state index in [4.69, 9.17) is 0 Å². The van der Waals surface area contributed by atoms with E-state index < -0.39 is 18.2 Å². The lowest BCUT2D eigenvalue weighted by Crippen LogP contribution is -2.54. The van der Waals surface area contributed by atoms with Gasteiger partial charge in [0.25, 0.3) is 0 Å². The molecule has 1 aliphatic rings. The molecule has 0 radical (unpaired) electrons. The number of Topliss-reactive ketones (excluding diaryl/α,β-unsaturated/α-hetero) is 1. The number of hydrazine groups is 1. The summed E-state index contributed by atoms with van der Waals surface area (Å²) >= 11 is 0. The maximum Gasteiger partial charge on any atom is 0.429 e. The Bertz CT molecular complexity index is 557. The third kappa shape index (κ3) is 2.42. The largest absolute Gasteiger partial charge is 0.452 e. The average Bonchev–Trinajstić information content (AvgIpc) is 2.81. The zero-order valence-corrected chi connectivity index (χ0v) is 11.1. The molecule has 0 aliphatic heterocycles. The highest BCUT2D eigenvalue weighted by molar-refractivity contribution is 6.05. The SMILES string of the molecule is COC(=O)NN(C(=O)OC)C1Cc2ccccc2C1=O. The van der Waals surface area contributed by atoms with Crippen LogP contribution in [0, 0.1) is 0 Å². The molecule has 1 aromatic rings. The quantitative estimate of drug-likeness (QED) is 0.778. The summed E-state index contributed by atoms with van der Waals surface area (Å²) < 4.78 is 9.02. The third-order valence-electron chi connectivity index (χ3n) is 3.08. The first-order valence-electron chi connectivity index (χ1n) is 5.92. The summed E-state index contributed by atoms with van der Waals surface area (Å²) in [6.07, 6.45) is -1.37. The van der Waals surface area contributed by atoms with E-state index in [0.29, 0.717) is 12.0 Å². The molecule has 0 saturated heterocycles. The maximum absolute atomic E-state index is 12.3. The highest BCUT2D eigenvalue weighted by Crippen LogP contribution is 2.25. The van der Waals surface area contributed by atoms with Gasteiger partial charge in [-0.25, -0.2) is 20.0 Å². The second-order valence-corrected chi connectivity index (χ2v) is 4.18. The molecule has 1 N–H and O–H groups in total. The van der Waals surface area contributed by atoms with Crippen molar-refractivity contribution in [1.29, 1.82) is 0 Å². The number of hydrogen-bond donors (Lipinski definition) is 1. The van der Waals surface area contributed by atoms with Crippen molar-refractivity contribution in [1.82, 2.24) is 10.4 Å². The van der Waals surface area contributed by atoms with E-state index in [2.05, 4.69) is 14.9 Å². The molecule has 7 heteroatoms. The van der Waals surface area contributed by atoms with Gasteiger partial charge in [0.2, 0.25) is 0 Å². The third-order valence-corrected chi connectivity index (χ3v) is 3.08. The van der Waals surface area contributed by atoms with Crippen LogP contribution in [0.5, 0.6) is 0 Å². The van der Waals surface area contributed by atoms with Gasteiger partial charge >= 0.3 is 12.2 Å². The number of benzene rings is 1. The Morgan fingerprint density at radius 3 is 2.55 bits per heavy atom. The second kappa shape index (κ2) is 5.60. The van der Waals surface area contributed by atoms with Crippen molar-refractivity contribution in [3.63, 3.8) is 0 Å². The van der Waals surface area contributed by atoms with Gasteiger partial charge in [-0.2, -0.15) is 0 Å². The van der Waals surface area contributed by atoms with E-state index in [-0.39, 0.29) is 5.78 Å². The molecule has 0 aromatic heterocycles. The Balaban J connectivity index is 2.26. The normalized spacial score (nSPS) is 16.3. The number of carbonyl (C=O) groups is 3. The van der Waals surface area contributed by atoms with Crippen LogP contribution < -0.4 is 5.43 Å². The van der Waals surface area contributed by atoms with E-state index in [1.807, 2.05) is 6.07 Å². The van der Waals surface area contributed by atoms with Gasteiger partial charge in [0.15, 0.2) is 5.78 Å². The van der Waals surface area contributed by atoms with Gasteiger partial charge < -0.3 is 9.47 Å². The summed E-state index contributed by atoms with van der Waals surface area (Å²) in [5, 5.41) is 0.855. The minimum Gasteiger partial charge on any atom is -0.452 e. The maximum atomic E-state index is 12.3. The zero-order valence-electron chi connectivity index (χ0n) is 11.1. The monoisotopic (exact) mass is 278 g/mol. The molecular weight excluding hydrogens is 264 g/mol. The molecule has 1 aliphatic carbocycles. The van der Waals surface area contributed by atoms with Gasteiger partial charge in [0.05, 0.1) is 14.2 Å². The minimum atomic E-state index is -0.848. The fourth-order valence-electron chi connectivity index (χ4n) is 2.12. The number of methoxy groups -OCH3 is 2. The van der Waals surface area contributed by atoms with Crippen LogP contribution in [0.1, 0.15) is 15.9 Å². The molecule has 0 spiro atoms. The van der Waals surface area contributed by atoms with Crippen molar-refractivity contribution in [2.75, 3.05) is 14.2 Å². The smallest absolute Gasteiger partial charge is 0.429 e. The molecule has 2 amide bonds. The van der Waals surface area contributed by atoms with Crippen molar-refractivity contribution in [3.8, 4) is 0 Å². The lowest BCUT2D eigenvalue weighted by atomic mass is 10.1.